The zero-order valence-corrected chi connectivity index (χ0v) is 10.5. The minimum absolute atomic E-state index is 0.231. The van der Waals surface area contributed by atoms with Crippen molar-refractivity contribution in [1.29, 1.82) is 0 Å². The Hall–Kier alpha value is -3.16. The smallest absolute Gasteiger partial charge is 0.273 e. The van der Waals surface area contributed by atoms with Gasteiger partial charge in [-0.05, 0) is 0 Å². The van der Waals surface area contributed by atoms with Gasteiger partial charge in [0.05, 0.1) is 24.8 Å². The lowest BCUT2D eigenvalue weighted by Gasteiger charge is -2.20. The number of oxazole rings is 4. The maximum absolute atomic E-state index is 5.46. The van der Waals surface area contributed by atoms with Crippen LogP contribution in [-0.4, -0.2) is 19.9 Å². The number of aromatic nitrogens is 4. The highest BCUT2D eigenvalue weighted by atomic mass is 16.4. The molecule has 8 heteroatoms. The first-order valence-electron chi connectivity index (χ1n) is 6.02. The third-order valence-electron chi connectivity index (χ3n) is 3.01. The van der Waals surface area contributed by atoms with Crippen LogP contribution in [0, 0.1) is 0 Å². The summed E-state index contributed by atoms with van der Waals surface area (Å²) in [5.41, 5.74) is -1.32. The molecule has 0 spiro atoms. The molecule has 0 saturated heterocycles. The van der Waals surface area contributed by atoms with Crippen LogP contribution in [0.3, 0.4) is 0 Å². The van der Waals surface area contributed by atoms with E-state index in [0.717, 1.165) is 0 Å². The molecule has 4 heterocycles. The number of rotatable bonds is 4. The average Bonchev–Trinajstić information content (AvgIpc) is 3.32. The highest BCUT2D eigenvalue weighted by Gasteiger charge is 2.55. The zero-order chi connectivity index (χ0) is 14.1. The van der Waals surface area contributed by atoms with E-state index in [1.807, 2.05) is 0 Å². The molecule has 0 radical (unpaired) electrons. The molecule has 0 N–H and O–H groups in total. The van der Waals surface area contributed by atoms with E-state index in [-0.39, 0.29) is 23.6 Å². The van der Waals surface area contributed by atoms with Crippen molar-refractivity contribution in [1.82, 2.24) is 19.9 Å². The molecule has 0 aliphatic rings. The van der Waals surface area contributed by atoms with Crippen molar-refractivity contribution < 1.29 is 17.7 Å². The van der Waals surface area contributed by atoms with E-state index in [0.29, 0.717) is 0 Å². The number of nitrogens with zero attached hydrogens (tertiary/aromatic N) is 4. The lowest BCUT2D eigenvalue weighted by molar-refractivity contribution is 0.281. The summed E-state index contributed by atoms with van der Waals surface area (Å²) in [7, 11) is 0. The standard InChI is InChI=1S/C13H8N4O4/c1-5-18-9(14-1)13(10-15-2-6-19-10,11-16-3-7-20-11)12-17-4-8-21-12/h1-8H. The predicted octanol–water partition coefficient (Wildman–Crippen LogP) is 2.02. The van der Waals surface area contributed by atoms with Crippen molar-refractivity contribution in [2.45, 2.75) is 5.41 Å². The zero-order valence-electron chi connectivity index (χ0n) is 10.5. The highest BCUT2D eigenvalue weighted by molar-refractivity contribution is 5.38. The molecule has 0 atom stereocenters. The van der Waals surface area contributed by atoms with Gasteiger partial charge in [0.1, 0.15) is 25.1 Å². The molecular weight excluding hydrogens is 276 g/mol. The van der Waals surface area contributed by atoms with Crippen LogP contribution in [0.2, 0.25) is 0 Å². The van der Waals surface area contributed by atoms with E-state index in [9.17, 15) is 0 Å². The summed E-state index contributed by atoms with van der Waals surface area (Å²) in [6, 6.07) is 0. The maximum Gasteiger partial charge on any atom is 0.273 e. The Kier molecular flexibility index (Phi) is 2.46. The third kappa shape index (κ3) is 1.55. The Morgan fingerprint density at radius 3 is 1.00 bits per heavy atom. The average molecular weight is 284 g/mol. The molecule has 4 aromatic heterocycles. The van der Waals surface area contributed by atoms with Crippen molar-refractivity contribution in [2.75, 3.05) is 0 Å². The summed E-state index contributed by atoms with van der Waals surface area (Å²) < 4.78 is 21.8. The van der Waals surface area contributed by atoms with E-state index in [4.69, 9.17) is 17.7 Å². The summed E-state index contributed by atoms with van der Waals surface area (Å²) in [6.45, 7) is 0. The monoisotopic (exact) mass is 284 g/mol. The normalized spacial score (nSPS) is 11.8. The predicted molar refractivity (Wildman–Crippen MR) is 65.0 cm³/mol. The molecule has 4 aromatic rings. The van der Waals surface area contributed by atoms with Crippen LogP contribution >= 0.6 is 0 Å². The first-order chi connectivity index (χ1) is 10.4. The van der Waals surface area contributed by atoms with Crippen LogP contribution in [0.5, 0.6) is 0 Å². The van der Waals surface area contributed by atoms with Crippen LogP contribution in [0.25, 0.3) is 0 Å². The van der Waals surface area contributed by atoms with Crippen molar-refractivity contribution in [3.05, 3.63) is 73.4 Å². The van der Waals surface area contributed by atoms with Gasteiger partial charge < -0.3 is 17.7 Å². The van der Waals surface area contributed by atoms with Gasteiger partial charge in [-0.25, -0.2) is 19.9 Å². The van der Waals surface area contributed by atoms with Crippen LogP contribution in [0.4, 0.5) is 0 Å². The molecule has 21 heavy (non-hydrogen) atoms. The molecule has 8 nitrogen and oxygen atoms in total. The van der Waals surface area contributed by atoms with Gasteiger partial charge in [0.2, 0.25) is 23.6 Å². The van der Waals surface area contributed by atoms with Crippen LogP contribution in [0.1, 0.15) is 23.6 Å². The Labute approximate surface area is 117 Å². The van der Waals surface area contributed by atoms with Gasteiger partial charge in [-0.3, -0.25) is 0 Å². The van der Waals surface area contributed by atoms with E-state index < -0.39 is 5.41 Å². The number of hydrogen-bond acceptors (Lipinski definition) is 8. The molecule has 0 amide bonds. The second-order valence-corrected chi connectivity index (χ2v) is 4.10. The maximum atomic E-state index is 5.46. The molecule has 0 saturated carbocycles. The second-order valence-electron chi connectivity index (χ2n) is 4.10. The summed E-state index contributed by atoms with van der Waals surface area (Å²) in [6.07, 6.45) is 11.7. The Bertz CT molecular complexity index is 646. The fourth-order valence-electron chi connectivity index (χ4n) is 2.18. The summed E-state index contributed by atoms with van der Waals surface area (Å²) >= 11 is 0. The Morgan fingerprint density at radius 1 is 0.524 bits per heavy atom. The van der Waals surface area contributed by atoms with Crippen molar-refractivity contribution in [3.63, 3.8) is 0 Å². The minimum Gasteiger partial charge on any atom is -0.447 e. The molecule has 0 fully saturated rings. The quantitative estimate of drug-likeness (QED) is 0.560. The van der Waals surface area contributed by atoms with Gasteiger partial charge in [-0.15, -0.1) is 0 Å². The van der Waals surface area contributed by atoms with Crippen molar-refractivity contribution in [3.8, 4) is 0 Å². The fourth-order valence-corrected chi connectivity index (χ4v) is 2.18. The summed E-state index contributed by atoms with van der Waals surface area (Å²) in [5, 5.41) is 0. The molecule has 0 aromatic carbocycles. The van der Waals surface area contributed by atoms with E-state index in [1.54, 1.807) is 0 Å². The first kappa shape index (κ1) is 11.6. The summed E-state index contributed by atoms with van der Waals surface area (Å²) in [5.74, 6) is 0.925. The second kappa shape index (κ2) is 4.44. The summed E-state index contributed by atoms with van der Waals surface area (Å²) in [4.78, 5) is 16.8. The van der Waals surface area contributed by atoms with Gasteiger partial charge in [0.15, 0.2) is 0 Å². The van der Waals surface area contributed by atoms with Gasteiger partial charge in [0.25, 0.3) is 5.41 Å². The minimum atomic E-state index is -1.32. The molecule has 0 unspecified atom stereocenters. The molecule has 104 valence electrons. The van der Waals surface area contributed by atoms with E-state index >= 15 is 0 Å². The Morgan fingerprint density at radius 2 is 0.810 bits per heavy atom. The fraction of sp³-hybridized carbons (Fsp3) is 0.0769. The molecular formula is C13H8N4O4. The van der Waals surface area contributed by atoms with Gasteiger partial charge in [-0.2, -0.15) is 0 Å². The van der Waals surface area contributed by atoms with Gasteiger partial charge in [-0.1, -0.05) is 0 Å². The molecule has 0 bridgehead atoms. The van der Waals surface area contributed by atoms with E-state index in [1.165, 1.54) is 49.8 Å². The van der Waals surface area contributed by atoms with Crippen molar-refractivity contribution in [2.24, 2.45) is 0 Å². The lowest BCUT2D eigenvalue weighted by atomic mass is 9.87. The van der Waals surface area contributed by atoms with Crippen LogP contribution < -0.4 is 0 Å². The van der Waals surface area contributed by atoms with Gasteiger partial charge >= 0.3 is 0 Å². The molecule has 4 rings (SSSR count). The SMILES string of the molecule is c1coc(C(c2ncco2)(c2ncco2)c2ncco2)n1. The number of hydrogen-bond donors (Lipinski definition) is 0. The largest absolute Gasteiger partial charge is 0.447 e. The van der Waals surface area contributed by atoms with Gasteiger partial charge in [0, 0.05) is 0 Å². The first-order valence-corrected chi connectivity index (χ1v) is 6.02. The lowest BCUT2D eigenvalue weighted by Crippen LogP contribution is -2.32. The Balaban J connectivity index is 2.10. The van der Waals surface area contributed by atoms with E-state index in [2.05, 4.69) is 19.9 Å². The topological polar surface area (TPSA) is 104 Å². The molecule has 0 aliphatic heterocycles. The van der Waals surface area contributed by atoms with Crippen LogP contribution in [0.15, 0.2) is 67.5 Å². The van der Waals surface area contributed by atoms with Crippen molar-refractivity contribution >= 4 is 0 Å². The molecule has 0 aliphatic carbocycles. The van der Waals surface area contributed by atoms with Crippen LogP contribution in [-0.2, 0) is 5.41 Å². The highest BCUT2D eigenvalue weighted by Crippen LogP contribution is 2.41. The third-order valence-corrected chi connectivity index (χ3v) is 3.01.